The summed E-state index contributed by atoms with van der Waals surface area (Å²) in [6.45, 7) is 0. The van der Waals surface area contributed by atoms with Crippen molar-refractivity contribution in [3.05, 3.63) is 46.6 Å². The first-order chi connectivity index (χ1) is 8.22. The summed E-state index contributed by atoms with van der Waals surface area (Å²) in [5.41, 5.74) is 1.04. The van der Waals surface area contributed by atoms with Gasteiger partial charge in [0.2, 0.25) is 5.95 Å². The molecule has 0 spiro atoms. The van der Waals surface area contributed by atoms with Crippen molar-refractivity contribution in [2.24, 2.45) is 0 Å². The Balaban J connectivity index is 2.56. The number of rotatable bonds is 3. The van der Waals surface area contributed by atoms with Crippen LogP contribution in [0.1, 0.15) is 0 Å². The summed E-state index contributed by atoms with van der Waals surface area (Å²) in [5.74, 6) is 0.431. The van der Waals surface area contributed by atoms with Crippen molar-refractivity contribution in [2.75, 3.05) is 12.4 Å². The first kappa shape index (κ1) is 11.0. The maximum atomic E-state index is 10.9. The number of nitro groups is 1. The first-order valence-corrected chi connectivity index (χ1v) is 4.97. The molecule has 6 heteroatoms. The van der Waals surface area contributed by atoms with Crippen LogP contribution in [0.3, 0.4) is 0 Å². The Morgan fingerprint density at radius 1 is 1.29 bits per heavy atom. The van der Waals surface area contributed by atoms with E-state index >= 15 is 0 Å². The summed E-state index contributed by atoms with van der Waals surface area (Å²) >= 11 is 0. The van der Waals surface area contributed by atoms with Gasteiger partial charge in [-0.2, -0.15) is 0 Å². The monoisotopic (exact) mass is 230 g/mol. The normalized spacial score (nSPS) is 9.94. The molecule has 1 N–H and O–H groups in total. The second-order valence-electron chi connectivity index (χ2n) is 3.29. The molecule has 0 atom stereocenters. The summed E-state index contributed by atoms with van der Waals surface area (Å²) in [6, 6.07) is 8.13. The summed E-state index contributed by atoms with van der Waals surface area (Å²) in [4.78, 5) is 18.6. The number of hydrogen-bond donors (Lipinski definition) is 1. The van der Waals surface area contributed by atoms with E-state index in [1.807, 2.05) is 0 Å². The van der Waals surface area contributed by atoms with Crippen LogP contribution in [-0.2, 0) is 0 Å². The van der Waals surface area contributed by atoms with Gasteiger partial charge in [0.1, 0.15) is 0 Å². The van der Waals surface area contributed by atoms with E-state index in [-0.39, 0.29) is 5.69 Å². The zero-order valence-electron chi connectivity index (χ0n) is 9.12. The largest absolute Gasteiger partial charge is 0.357 e. The van der Waals surface area contributed by atoms with Gasteiger partial charge in [0.05, 0.1) is 16.2 Å². The van der Waals surface area contributed by atoms with Crippen LogP contribution in [0.25, 0.3) is 11.3 Å². The Kier molecular flexibility index (Phi) is 2.95. The Labute approximate surface area is 97.5 Å². The molecule has 0 aliphatic rings. The number of benzene rings is 1. The second kappa shape index (κ2) is 4.56. The van der Waals surface area contributed by atoms with Gasteiger partial charge < -0.3 is 5.32 Å². The van der Waals surface area contributed by atoms with Gasteiger partial charge in [-0.05, 0) is 12.1 Å². The van der Waals surface area contributed by atoms with Crippen LogP contribution in [0, 0.1) is 10.1 Å². The fraction of sp³-hybridized carbons (Fsp3) is 0.0909. The van der Waals surface area contributed by atoms with Crippen molar-refractivity contribution in [1.82, 2.24) is 9.97 Å². The average molecular weight is 230 g/mol. The predicted octanol–water partition coefficient (Wildman–Crippen LogP) is 2.09. The number of nitrogens with zero attached hydrogens (tertiary/aromatic N) is 3. The highest BCUT2D eigenvalue weighted by Gasteiger charge is 2.15. The molecule has 1 heterocycles. The van der Waals surface area contributed by atoms with Crippen molar-refractivity contribution in [3.8, 4) is 11.3 Å². The van der Waals surface area contributed by atoms with Gasteiger partial charge in [-0.15, -0.1) is 0 Å². The van der Waals surface area contributed by atoms with E-state index in [4.69, 9.17) is 0 Å². The lowest BCUT2D eigenvalue weighted by molar-refractivity contribution is -0.384. The number of aromatic nitrogens is 2. The highest BCUT2D eigenvalue weighted by Crippen LogP contribution is 2.27. The molecule has 0 aliphatic heterocycles. The molecule has 86 valence electrons. The molecular weight excluding hydrogens is 220 g/mol. The fourth-order valence-electron chi connectivity index (χ4n) is 1.48. The Bertz CT molecular complexity index is 557. The Morgan fingerprint density at radius 3 is 2.76 bits per heavy atom. The maximum absolute atomic E-state index is 10.9. The van der Waals surface area contributed by atoms with E-state index in [9.17, 15) is 10.1 Å². The van der Waals surface area contributed by atoms with E-state index < -0.39 is 4.92 Å². The smallest absolute Gasteiger partial charge is 0.278 e. The van der Waals surface area contributed by atoms with Crippen molar-refractivity contribution >= 4 is 11.6 Å². The minimum atomic E-state index is -0.420. The minimum Gasteiger partial charge on any atom is -0.357 e. The third-order valence-electron chi connectivity index (χ3n) is 2.26. The van der Waals surface area contributed by atoms with Crippen molar-refractivity contribution in [1.29, 1.82) is 0 Å². The van der Waals surface area contributed by atoms with Crippen LogP contribution in [0.4, 0.5) is 11.6 Å². The molecule has 1 aromatic carbocycles. The van der Waals surface area contributed by atoms with Gasteiger partial charge in [-0.1, -0.05) is 12.1 Å². The second-order valence-corrected chi connectivity index (χ2v) is 3.29. The topological polar surface area (TPSA) is 81.0 Å². The van der Waals surface area contributed by atoms with Gasteiger partial charge >= 0.3 is 0 Å². The SMILES string of the molecule is CNc1nccc(-c2ccccc2[N+](=O)[O-])n1. The lowest BCUT2D eigenvalue weighted by atomic mass is 10.1. The summed E-state index contributed by atoms with van der Waals surface area (Å²) in [6.07, 6.45) is 1.56. The average Bonchev–Trinajstić information content (AvgIpc) is 2.39. The third kappa shape index (κ3) is 2.20. The molecule has 0 saturated carbocycles. The van der Waals surface area contributed by atoms with Crippen LogP contribution in [0.15, 0.2) is 36.5 Å². The lowest BCUT2D eigenvalue weighted by Crippen LogP contribution is -1.98. The van der Waals surface area contributed by atoms with Gasteiger partial charge in [0.15, 0.2) is 0 Å². The molecule has 0 radical (unpaired) electrons. The maximum Gasteiger partial charge on any atom is 0.278 e. The molecule has 0 unspecified atom stereocenters. The molecule has 0 bridgehead atoms. The number of para-hydroxylation sites is 1. The van der Waals surface area contributed by atoms with Crippen LogP contribution in [0.2, 0.25) is 0 Å². The molecule has 0 fully saturated rings. The standard InChI is InChI=1S/C11H10N4O2/c1-12-11-13-7-6-9(14-11)8-4-2-3-5-10(8)15(16)17/h2-7H,1H3,(H,12,13,14). The van der Waals surface area contributed by atoms with Gasteiger partial charge in [0.25, 0.3) is 5.69 Å². The molecule has 2 aromatic rings. The third-order valence-corrected chi connectivity index (χ3v) is 2.26. The van der Waals surface area contributed by atoms with Crippen molar-refractivity contribution in [2.45, 2.75) is 0 Å². The van der Waals surface area contributed by atoms with E-state index in [0.717, 1.165) is 0 Å². The van der Waals surface area contributed by atoms with Crippen molar-refractivity contribution in [3.63, 3.8) is 0 Å². The highest BCUT2D eigenvalue weighted by molar-refractivity contribution is 5.70. The quantitative estimate of drug-likeness (QED) is 0.645. The summed E-state index contributed by atoms with van der Waals surface area (Å²) in [7, 11) is 1.69. The Hall–Kier alpha value is -2.50. The van der Waals surface area contributed by atoms with Crippen LogP contribution in [-0.4, -0.2) is 21.9 Å². The minimum absolute atomic E-state index is 0.0354. The van der Waals surface area contributed by atoms with Gasteiger partial charge in [-0.3, -0.25) is 10.1 Å². The molecule has 17 heavy (non-hydrogen) atoms. The van der Waals surface area contributed by atoms with Crippen LogP contribution < -0.4 is 5.32 Å². The predicted molar refractivity (Wildman–Crippen MR) is 63.7 cm³/mol. The van der Waals surface area contributed by atoms with E-state index in [2.05, 4.69) is 15.3 Å². The molecule has 0 saturated heterocycles. The van der Waals surface area contributed by atoms with E-state index in [0.29, 0.717) is 17.2 Å². The summed E-state index contributed by atoms with van der Waals surface area (Å²) < 4.78 is 0. The summed E-state index contributed by atoms with van der Waals surface area (Å²) in [5, 5.41) is 13.7. The number of hydrogen-bond acceptors (Lipinski definition) is 5. The van der Waals surface area contributed by atoms with Crippen LogP contribution in [0.5, 0.6) is 0 Å². The number of nitro benzene ring substituents is 1. The van der Waals surface area contributed by atoms with Crippen molar-refractivity contribution < 1.29 is 4.92 Å². The Morgan fingerprint density at radius 2 is 2.06 bits per heavy atom. The molecule has 1 aromatic heterocycles. The highest BCUT2D eigenvalue weighted by atomic mass is 16.6. The first-order valence-electron chi connectivity index (χ1n) is 4.97. The van der Waals surface area contributed by atoms with Gasteiger partial charge in [0, 0.05) is 19.3 Å². The fourth-order valence-corrected chi connectivity index (χ4v) is 1.48. The molecule has 0 amide bonds. The molecule has 6 nitrogen and oxygen atoms in total. The van der Waals surface area contributed by atoms with E-state index in [1.54, 1.807) is 37.5 Å². The number of nitrogens with one attached hydrogen (secondary N) is 1. The van der Waals surface area contributed by atoms with Crippen LogP contribution >= 0.6 is 0 Å². The zero-order valence-corrected chi connectivity index (χ0v) is 9.12. The zero-order chi connectivity index (χ0) is 12.3. The molecule has 0 aliphatic carbocycles. The number of anilines is 1. The lowest BCUT2D eigenvalue weighted by Gasteiger charge is -2.03. The molecular formula is C11H10N4O2. The van der Waals surface area contributed by atoms with E-state index in [1.165, 1.54) is 6.07 Å². The molecule has 2 rings (SSSR count). The van der Waals surface area contributed by atoms with Gasteiger partial charge in [-0.25, -0.2) is 9.97 Å².